The molecule has 4 rings (SSSR count). The lowest BCUT2D eigenvalue weighted by atomic mass is 9.96. The van der Waals surface area contributed by atoms with Gasteiger partial charge in [-0.1, -0.05) is 12.1 Å². The average Bonchev–Trinajstić information content (AvgIpc) is 3.52. The van der Waals surface area contributed by atoms with Gasteiger partial charge in [-0.15, -0.1) is 0 Å². The van der Waals surface area contributed by atoms with Gasteiger partial charge in [-0.3, -0.25) is 0 Å². The Morgan fingerprint density at radius 3 is 2.52 bits per heavy atom. The van der Waals surface area contributed by atoms with Gasteiger partial charge >= 0.3 is 6.03 Å². The molecule has 2 heterocycles. The SMILES string of the molecule is O=C(NCC1CCN(CC2CC2)CC1)N1CCOC(c2ccc(F)cc2)C1. The number of carbonyl (C=O) groups is 1. The van der Waals surface area contributed by atoms with E-state index in [9.17, 15) is 9.18 Å². The number of amides is 2. The molecular weight excluding hydrogens is 345 g/mol. The molecule has 2 aliphatic heterocycles. The summed E-state index contributed by atoms with van der Waals surface area (Å²) >= 11 is 0. The van der Waals surface area contributed by atoms with Crippen molar-refractivity contribution < 1.29 is 13.9 Å². The fraction of sp³-hybridized carbons (Fsp3) is 0.667. The van der Waals surface area contributed by atoms with Crippen LogP contribution in [0.5, 0.6) is 0 Å². The molecule has 1 aromatic rings. The summed E-state index contributed by atoms with van der Waals surface area (Å²) in [5.41, 5.74) is 0.914. The third-order valence-electron chi connectivity index (χ3n) is 6.06. The number of likely N-dealkylation sites (tertiary alicyclic amines) is 1. The smallest absolute Gasteiger partial charge is 0.317 e. The molecule has 1 aliphatic carbocycles. The van der Waals surface area contributed by atoms with E-state index in [2.05, 4.69) is 10.2 Å². The van der Waals surface area contributed by atoms with Gasteiger partial charge in [0.25, 0.3) is 0 Å². The van der Waals surface area contributed by atoms with Crippen molar-refractivity contribution in [3.05, 3.63) is 35.6 Å². The second kappa shape index (κ2) is 8.57. The zero-order valence-electron chi connectivity index (χ0n) is 15.9. The largest absolute Gasteiger partial charge is 0.370 e. The lowest BCUT2D eigenvalue weighted by Gasteiger charge is -2.35. The Balaban J connectivity index is 1.20. The van der Waals surface area contributed by atoms with Gasteiger partial charge in [0.05, 0.1) is 13.2 Å². The highest BCUT2D eigenvalue weighted by Crippen LogP contribution is 2.31. The number of nitrogens with one attached hydrogen (secondary N) is 1. The first-order chi connectivity index (χ1) is 13.2. The van der Waals surface area contributed by atoms with Crippen LogP contribution in [0, 0.1) is 17.7 Å². The number of carbonyl (C=O) groups excluding carboxylic acids is 1. The van der Waals surface area contributed by atoms with Crippen LogP contribution in [-0.4, -0.2) is 61.7 Å². The van der Waals surface area contributed by atoms with Crippen molar-refractivity contribution in [3.8, 4) is 0 Å². The summed E-state index contributed by atoms with van der Waals surface area (Å²) in [7, 11) is 0. The monoisotopic (exact) mass is 375 g/mol. The van der Waals surface area contributed by atoms with Crippen molar-refractivity contribution in [2.75, 3.05) is 45.9 Å². The lowest BCUT2D eigenvalue weighted by molar-refractivity contribution is -0.0156. The van der Waals surface area contributed by atoms with Crippen LogP contribution in [0.25, 0.3) is 0 Å². The Morgan fingerprint density at radius 2 is 1.81 bits per heavy atom. The number of rotatable bonds is 5. The fourth-order valence-corrected chi connectivity index (χ4v) is 4.09. The van der Waals surface area contributed by atoms with E-state index in [4.69, 9.17) is 4.74 Å². The summed E-state index contributed by atoms with van der Waals surface area (Å²) < 4.78 is 18.9. The number of hydrogen-bond acceptors (Lipinski definition) is 3. The van der Waals surface area contributed by atoms with E-state index in [1.54, 1.807) is 12.1 Å². The number of piperidine rings is 1. The van der Waals surface area contributed by atoms with Gasteiger partial charge in [-0.05, 0) is 68.3 Å². The summed E-state index contributed by atoms with van der Waals surface area (Å²) in [5, 5.41) is 3.12. The van der Waals surface area contributed by atoms with Gasteiger partial charge in [0.2, 0.25) is 0 Å². The maximum atomic E-state index is 13.1. The summed E-state index contributed by atoms with van der Waals surface area (Å²) in [6.07, 6.45) is 4.99. The van der Waals surface area contributed by atoms with Gasteiger partial charge in [0.1, 0.15) is 11.9 Å². The maximum absolute atomic E-state index is 13.1. The molecular formula is C21H30FN3O2. The maximum Gasteiger partial charge on any atom is 0.317 e. The lowest BCUT2D eigenvalue weighted by Crippen LogP contribution is -2.48. The predicted molar refractivity (Wildman–Crippen MR) is 102 cm³/mol. The molecule has 1 saturated carbocycles. The van der Waals surface area contributed by atoms with Crippen molar-refractivity contribution in [1.29, 1.82) is 0 Å². The Bertz CT molecular complexity index is 627. The molecule has 2 saturated heterocycles. The van der Waals surface area contributed by atoms with Crippen LogP contribution >= 0.6 is 0 Å². The Morgan fingerprint density at radius 1 is 1.07 bits per heavy atom. The molecule has 1 atom stereocenters. The molecule has 1 N–H and O–H groups in total. The molecule has 0 spiro atoms. The van der Waals surface area contributed by atoms with E-state index in [1.165, 1.54) is 57.5 Å². The normalized spacial score (nSPS) is 24.8. The Kier molecular flexibility index (Phi) is 5.93. The van der Waals surface area contributed by atoms with Crippen LogP contribution in [-0.2, 0) is 4.74 Å². The molecule has 1 aromatic carbocycles. The van der Waals surface area contributed by atoms with Gasteiger partial charge in [-0.25, -0.2) is 9.18 Å². The van der Waals surface area contributed by atoms with Crippen molar-refractivity contribution >= 4 is 6.03 Å². The first kappa shape index (κ1) is 18.7. The van der Waals surface area contributed by atoms with Crippen molar-refractivity contribution in [1.82, 2.24) is 15.1 Å². The van der Waals surface area contributed by atoms with E-state index >= 15 is 0 Å². The molecule has 148 valence electrons. The summed E-state index contributed by atoms with van der Waals surface area (Å²) in [6, 6.07) is 6.33. The highest BCUT2D eigenvalue weighted by molar-refractivity contribution is 5.74. The van der Waals surface area contributed by atoms with Crippen LogP contribution in [0.1, 0.15) is 37.4 Å². The molecule has 27 heavy (non-hydrogen) atoms. The molecule has 3 aliphatic rings. The van der Waals surface area contributed by atoms with E-state index < -0.39 is 0 Å². The predicted octanol–water partition coefficient (Wildman–Crippen LogP) is 3.03. The van der Waals surface area contributed by atoms with Gasteiger partial charge < -0.3 is 19.9 Å². The summed E-state index contributed by atoms with van der Waals surface area (Å²) in [4.78, 5) is 17.0. The molecule has 5 nitrogen and oxygen atoms in total. The average molecular weight is 375 g/mol. The fourth-order valence-electron chi connectivity index (χ4n) is 4.09. The first-order valence-electron chi connectivity index (χ1n) is 10.3. The third kappa shape index (κ3) is 5.20. The van der Waals surface area contributed by atoms with Crippen LogP contribution in [0.4, 0.5) is 9.18 Å². The van der Waals surface area contributed by atoms with Crippen molar-refractivity contribution in [3.63, 3.8) is 0 Å². The van der Waals surface area contributed by atoms with Crippen LogP contribution in [0.15, 0.2) is 24.3 Å². The van der Waals surface area contributed by atoms with Crippen LogP contribution in [0.3, 0.4) is 0 Å². The second-order valence-corrected chi connectivity index (χ2v) is 8.23. The zero-order chi connectivity index (χ0) is 18.6. The van der Waals surface area contributed by atoms with E-state index in [1.807, 2.05) is 4.90 Å². The Hall–Kier alpha value is -1.66. The molecule has 2 amide bonds. The standard InChI is InChI=1S/C21H30FN3O2/c22-19-5-3-18(4-6-19)20-15-25(11-12-27-20)21(26)23-13-16-7-9-24(10-8-16)14-17-1-2-17/h3-6,16-17,20H,1-2,7-15H2,(H,23,26). The first-order valence-corrected chi connectivity index (χ1v) is 10.3. The molecule has 0 aromatic heterocycles. The van der Waals surface area contributed by atoms with E-state index in [0.717, 1.165) is 18.0 Å². The molecule has 0 radical (unpaired) electrons. The quantitative estimate of drug-likeness (QED) is 0.860. The van der Waals surface area contributed by atoms with Gasteiger partial charge in [-0.2, -0.15) is 0 Å². The zero-order valence-corrected chi connectivity index (χ0v) is 15.9. The number of hydrogen-bond donors (Lipinski definition) is 1. The topological polar surface area (TPSA) is 44.8 Å². The number of halogens is 1. The summed E-state index contributed by atoms with van der Waals surface area (Å²) in [6.45, 7) is 5.99. The number of benzene rings is 1. The highest BCUT2D eigenvalue weighted by atomic mass is 19.1. The molecule has 1 unspecified atom stereocenters. The Labute approximate surface area is 160 Å². The minimum atomic E-state index is -0.257. The third-order valence-corrected chi connectivity index (χ3v) is 6.06. The van der Waals surface area contributed by atoms with E-state index in [-0.39, 0.29) is 18.0 Å². The van der Waals surface area contributed by atoms with Crippen molar-refractivity contribution in [2.45, 2.75) is 31.8 Å². The van der Waals surface area contributed by atoms with Crippen LogP contribution < -0.4 is 5.32 Å². The van der Waals surface area contributed by atoms with Crippen LogP contribution in [0.2, 0.25) is 0 Å². The second-order valence-electron chi connectivity index (χ2n) is 8.23. The van der Waals surface area contributed by atoms with Gasteiger partial charge in [0.15, 0.2) is 0 Å². The van der Waals surface area contributed by atoms with Crippen molar-refractivity contribution in [2.24, 2.45) is 11.8 Å². The number of urea groups is 1. The highest BCUT2D eigenvalue weighted by Gasteiger charge is 2.28. The van der Waals surface area contributed by atoms with E-state index in [0.29, 0.717) is 25.6 Å². The molecule has 6 heteroatoms. The minimum Gasteiger partial charge on any atom is -0.370 e. The summed E-state index contributed by atoms with van der Waals surface area (Å²) in [5.74, 6) is 1.28. The molecule has 3 fully saturated rings. The number of morpholine rings is 1. The van der Waals surface area contributed by atoms with Gasteiger partial charge in [0, 0.05) is 19.6 Å². The molecule has 0 bridgehead atoms. The minimum absolute atomic E-state index is 0.00850. The number of nitrogens with zero attached hydrogens (tertiary/aromatic N) is 2. The number of ether oxygens (including phenoxy) is 1.